The fourth-order valence-electron chi connectivity index (χ4n) is 3.93. The second kappa shape index (κ2) is 7.88. The van der Waals surface area contributed by atoms with Gasteiger partial charge >= 0.3 is 11.4 Å². The van der Waals surface area contributed by atoms with E-state index >= 15 is 0 Å². The molecule has 6 atom stereocenters. The third kappa shape index (κ3) is 3.64. The first-order valence-corrected chi connectivity index (χ1v) is 9.86. The van der Waals surface area contributed by atoms with E-state index in [9.17, 15) is 28.0 Å². The second-order valence-corrected chi connectivity index (χ2v) is 7.76. The lowest BCUT2D eigenvalue weighted by Crippen LogP contribution is -2.40. The normalized spacial score (nSPS) is 32.2. The van der Waals surface area contributed by atoms with Gasteiger partial charge in [0.25, 0.3) is 11.1 Å². The van der Waals surface area contributed by atoms with Crippen molar-refractivity contribution in [3.63, 3.8) is 0 Å². The van der Waals surface area contributed by atoms with Crippen molar-refractivity contribution in [3.8, 4) is 0 Å². The molecule has 172 valence electrons. The number of fused-ring (bicyclic) bond motifs is 2. The number of aromatic nitrogens is 4. The highest BCUT2D eigenvalue weighted by Gasteiger charge is 2.45. The van der Waals surface area contributed by atoms with Crippen LogP contribution in [0, 0.1) is 11.6 Å². The van der Waals surface area contributed by atoms with Crippen LogP contribution in [-0.2, 0) is 18.9 Å². The molecule has 0 amide bonds. The molecule has 4 fully saturated rings. The molecule has 6 rings (SSSR count). The molecule has 32 heavy (non-hydrogen) atoms. The van der Waals surface area contributed by atoms with Gasteiger partial charge in [0.15, 0.2) is 0 Å². The Morgan fingerprint density at radius 1 is 0.719 bits per heavy atom. The van der Waals surface area contributed by atoms with Crippen molar-refractivity contribution in [2.24, 2.45) is 0 Å². The average Bonchev–Trinajstić information content (AvgIpc) is 3.17. The van der Waals surface area contributed by atoms with Crippen molar-refractivity contribution in [1.29, 1.82) is 0 Å². The van der Waals surface area contributed by atoms with Gasteiger partial charge in [0, 0.05) is 12.8 Å². The van der Waals surface area contributed by atoms with E-state index in [0.717, 1.165) is 21.5 Å². The molecule has 2 aromatic heterocycles. The van der Waals surface area contributed by atoms with Crippen LogP contribution >= 0.6 is 0 Å². The van der Waals surface area contributed by atoms with Crippen molar-refractivity contribution >= 4 is 0 Å². The molecular formula is C18H18F2N4O8. The monoisotopic (exact) mass is 456 g/mol. The predicted octanol–water partition coefficient (Wildman–Crippen LogP) is -1.28. The zero-order valence-electron chi connectivity index (χ0n) is 16.4. The molecule has 6 heterocycles. The summed E-state index contributed by atoms with van der Waals surface area (Å²) >= 11 is 0. The number of H-pyrrole nitrogens is 2. The molecule has 0 bridgehead atoms. The third-order valence-corrected chi connectivity index (χ3v) is 5.78. The van der Waals surface area contributed by atoms with Crippen molar-refractivity contribution in [2.75, 3.05) is 13.2 Å². The van der Waals surface area contributed by atoms with Gasteiger partial charge in [0.1, 0.15) is 24.7 Å². The van der Waals surface area contributed by atoms with Gasteiger partial charge in [-0.3, -0.25) is 28.7 Å². The number of rotatable bonds is 2. The summed E-state index contributed by atoms with van der Waals surface area (Å²) in [6.45, 7) is 1.00. The zero-order chi connectivity index (χ0) is 22.6. The summed E-state index contributed by atoms with van der Waals surface area (Å²) in [5.41, 5.74) is -3.37. The first-order valence-electron chi connectivity index (χ1n) is 9.86. The largest absolute Gasteiger partial charge is 0.372 e. The van der Waals surface area contributed by atoms with E-state index in [1.807, 2.05) is 9.97 Å². The maximum Gasteiger partial charge on any atom is 0.330 e. The van der Waals surface area contributed by atoms with Gasteiger partial charge < -0.3 is 18.9 Å². The van der Waals surface area contributed by atoms with E-state index in [1.165, 1.54) is 0 Å². The summed E-state index contributed by atoms with van der Waals surface area (Å²) in [5, 5.41) is 0. The zero-order valence-corrected chi connectivity index (χ0v) is 16.4. The fourth-order valence-corrected chi connectivity index (χ4v) is 3.93. The number of hydrogen-bond donors (Lipinski definition) is 2. The molecule has 0 spiro atoms. The minimum atomic E-state index is -1.02. The van der Waals surface area contributed by atoms with Crippen molar-refractivity contribution < 1.29 is 27.7 Å². The van der Waals surface area contributed by atoms with Gasteiger partial charge in [-0.15, -0.1) is 0 Å². The van der Waals surface area contributed by atoms with E-state index in [2.05, 4.69) is 0 Å². The highest BCUT2D eigenvalue weighted by molar-refractivity contribution is 4.95. The molecule has 0 unspecified atom stereocenters. The Kier molecular flexibility index (Phi) is 5.16. The molecule has 4 aliphatic heterocycles. The van der Waals surface area contributed by atoms with E-state index in [-0.39, 0.29) is 24.4 Å². The quantitative estimate of drug-likeness (QED) is 0.569. The predicted molar refractivity (Wildman–Crippen MR) is 99.1 cm³/mol. The number of hydrogen-bond acceptors (Lipinski definition) is 8. The smallest absolute Gasteiger partial charge is 0.330 e. The summed E-state index contributed by atoms with van der Waals surface area (Å²) in [6, 6.07) is 0. The lowest BCUT2D eigenvalue weighted by atomic mass is 10.1. The fraction of sp³-hybridized carbons (Fsp3) is 0.556. The number of aromatic amines is 2. The summed E-state index contributed by atoms with van der Waals surface area (Å²) in [7, 11) is 0. The Morgan fingerprint density at radius 2 is 1.12 bits per heavy atom. The van der Waals surface area contributed by atoms with Gasteiger partial charge in [0.05, 0.1) is 37.8 Å². The lowest BCUT2D eigenvalue weighted by molar-refractivity contribution is -0.149. The standard InChI is InChI=1S/2C9H9FN2O4/c2*10-4-2-12(9(14)11-8(4)13)7-1-5-6(16-7)3-15-5/h2*2,5-7H,1,3H2,(H,11,13,14)/t2*5-,6+,7+/m00/s1. The minimum absolute atomic E-state index is 0.0214. The van der Waals surface area contributed by atoms with E-state index in [0.29, 0.717) is 26.1 Å². The third-order valence-electron chi connectivity index (χ3n) is 5.78. The number of halogens is 2. The molecular weight excluding hydrogens is 438 g/mol. The Bertz CT molecular complexity index is 1150. The van der Waals surface area contributed by atoms with Crippen LogP contribution < -0.4 is 22.5 Å². The van der Waals surface area contributed by atoms with Crippen LogP contribution in [0.1, 0.15) is 25.3 Å². The molecule has 0 saturated carbocycles. The maximum absolute atomic E-state index is 13.0. The molecule has 12 nitrogen and oxygen atoms in total. The van der Waals surface area contributed by atoms with Gasteiger partial charge in [-0.2, -0.15) is 8.78 Å². The Balaban J connectivity index is 0.000000135. The first kappa shape index (κ1) is 20.9. The van der Waals surface area contributed by atoms with E-state index in [4.69, 9.17) is 18.9 Å². The number of nitrogens with zero attached hydrogens (tertiary/aromatic N) is 2. The SMILES string of the molecule is O=c1[nH]c(=O)n([C@H]2C[C@@H]3OC[C@H]3O2)cc1F.O=c1[nH]c(=O)n([C@H]2C[C@@H]3OC[C@H]3O2)cc1F. The van der Waals surface area contributed by atoms with Gasteiger partial charge in [-0.25, -0.2) is 9.59 Å². The molecule has 0 radical (unpaired) electrons. The summed E-state index contributed by atoms with van der Waals surface area (Å²) in [5.74, 6) is -1.99. The van der Waals surface area contributed by atoms with Crippen molar-refractivity contribution in [1.82, 2.24) is 19.1 Å². The second-order valence-electron chi connectivity index (χ2n) is 7.76. The van der Waals surface area contributed by atoms with Crippen molar-refractivity contribution in [3.05, 3.63) is 65.7 Å². The number of nitrogens with one attached hydrogen (secondary N) is 2. The molecule has 0 aliphatic carbocycles. The Labute approximate surface area is 176 Å². The molecule has 0 aromatic carbocycles. The molecule has 2 aromatic rings. The highest BCUT2D eigenvalue weighted by atomic mass is 19.1. The van der Waals surface area contributed by atoms with Gasteiger partial charge in [-0.05, 0) is 0 Å². The van der Waals surface area contributed by atoms with Crippen molar-refractivity contribution in [2.45, 2.75) is 49.7 Å². The summed E-state index contributed by atoms with van der Waals surface area (Å²) < 4.78 is 49.5. The van der Waals surface area contributed by atoms with Crippen LogP contribution in [0.2, 0.25) is 0 Å². The Hall–Kier alpha value is -2.94. The summed E-state index contributed by atoms with van der Waals surface area (Å²) in [4.78, 5) is 48.3. The topological polar surface area (TPSA) is 147 Å². The molecule has 4 saturated heterocycles. The highest BCUT2D eigenvalue weighted by Crippen LogP contribution is 2.36. The molecule has 2 N–H and O–H groups in total. The number of ether oxygens (including phenoxy) is 4. The first-order chi connectivity index (χ1) is 15.3. The van der Waals surface area contributed by atoms with Gasteiger partial charge in [0.2, 0.25) is 11.6 Å². The average molecular weight is 456 g/mol. The van der Waals surface area contributed by atoms with E-state index < -0.39 is 46.6 Å². The molecule has 14 heteroatoms. The van der Waals surface area contributed by atoms with Crippen LogP contribution in [0.5, 0.6) is 0 Å². The van der Waals surface area contributed by atoms with Crippen LogP contribution in [0.4, 0.5) is 8.78 Å². The Morgan fingerprint density at radius 3 is 1.41 bits per heavy atom. The van der Waals surface area contributed by atoms with Crippen LogP contribution in [0.15, 0.2) is 31.6 Å². The molecule has 4 aliphatic rings. The van der Waals surface area contributed by atoms with E-state index in [1.54, 1.807) is 0 Å². The van der Waals surface area contributed by atoms with Crippen LogP contribution in [-0.4, -0.2) is 56.7 Å². The van der Waals surface area contributed by atoms with Gasteiger partial charge in [-0.1, -0.05) is 0 Å². The maximum atomic E-state index is 13.0. The summed E-state index contributed by atoms with van der Waals surface area (Å²) in [6.07, 6.45) is 1.53. The van der Waals surface area contributed by atoms with Crippen LogP contribution in [0.25, 0.3) is 0 Å². The van der Waals surface area contributed by atoms with Crippen LogP contribution in [0.3, 0.4) is 0 Å². The minimum Gasteiger partial charge on any atom is -0.372 e. The lowest BCUT2D eigenvalue weighted by Gasteiger charge is -2.28.